The Morgan fingerprint density at radius 3 is 2.00 bits per heavy atom. The zero-order valence-electron chi connectivity index (χ0n) is 8.68. The van der Waals surface area contributed by atoms with Gasteiger partial charge in [0.1, 0.15) is 0 Å². The number of hydrogen-bond acceptors (Lipinski definition) is 0. The third-order valence-electron chi connectivity index (χ3n) is 3.64. The van der Waals surface area contributed by atoms with Crippen molar-refractivity contribution >= 4 is 0 Å². The van der Waals surface area contributed by atoms with E-state index in [1.807, 2.05) is 0 Å². The van der Waals surface area contributed by atoms with Crippen LogP contribution in [0.5, 0.6) is 0 Å². The van der Waals surface area contributed by atoms with Crippen LogP contribution in [-0.2, 0) is 0 Å². The van der Waals surface area contributed by atoms with Crippen molar-refractivity contribution in [3.63, 3.8) is 0 Å². The second kappa shape index (κ2) is 3.42. The molecule has 0 aliphatic heterocycles. The molecule has 0 fully saturated rings. The maximum atomic E-state index is 2.44. The van der Waals surface area contributed by atoms with E-state index in [1.165, 1.54) is 44.9 Å². The fraction of sp³-hybridized carbons (Fsp3) is 0.500. The molecular formula is C14H17. The average molecular weight is 185 g/mol. The summed E-state index contributed by atoms with van der Waals surface area (Å²) < 4.78 is 0. The van der Waals surface area contributed by atoms with Gasteiger partial charge in [-0.25, -0.2) is 0 Å². The van der Waals surface area contributed by atoms with Gasteiger partial charge < -0.3 is 0 Å². The fourth-order valence-corrected chi connectivity index (χ4v) is 2.72. The highest BCUT2D eigenvalue weighted by Crippen LogP contribution is 2.43. The van der Waals surface area contributed by atoms with Crippen molar-refractivity contribution in [2.45, 2.75) is 44.9 Å². The van der Waals surface area contributed by atoms with Gasteiger partial charge in [-0.3, -0.25) is 0 Å². The van der Waals surface area contributed by atoms with E-state index in [-0.39, 0.29) is 0 Å². The van der Waals surface area contributed by atoms with Crippen LogP contribution in [0.4, 0.5) is 0 Å². The second-order valence-electron chi connectivity index (χ2n) is 4.61. The molecule has 0 unspecified atom stereocenters. The highest BCUT2D eigenvalue weighted by molar-refractivity contribution is 5.54. The molecule has 0 heterocycles. The number of rotatable bonds is 2. The quantitative estimate of drug-likeness (QED) is 0.607. The summed E-state index contributed by atoms with van der Waals surface area (Å²) in [5, 5.41) is 0. The van der Waals surface area contributed by atoms with E-state index in [0.717, 1.165) is 0 Å². The Labute approximate surface area is 86.4 Å². The van der Waals surface area contributed by atoms with Crippen molar-refractivity contribution in [3.8, 4) is 0 Å². The van der Waals surface area contributed by atoms with Crippen molar-refractivity contribution in [3.05, 3.63) is 40.9 Å². The van der Waals surface area contributed by atoms with Gasteiger partial charge in [0.05, 0.1) is 0 Å². The third-order valence-corrected chi connectivity index (χ3v) is 3.64. The molecule has 1 radical (unpaired) electrons. The summed E-state index contributed by atoms with van der Waals surface area (Å²) >= 11 is 0. The molecule has 3 rings (SSSR count). The molecule has 0 heteroatoms. The lowest BCUT2D eigenvalue weighted by atomic mass is 9.77. The first-order valence-corrected chi connectivity index (χ1v) is 5.89. The van der Waals surface area contributed by atoms with Crippen LogP contribution in [0.2, 0.25) is 0 Å². The van der Waals surface area contributed by atoms with E-state index in [1.54, 1.807) is 22.6 Å². The van der Waals surface area contributed by atoms with Crippen molar-refractivity contribution in [1.29, 1.82) is 0 Å². The van der Waals surface area contributed by atoms with Gasteiger partial charge in [0.25, 0.3) is 0 Å². The zero-order valence-corrected chi connectivity index (χ0v) is 8.68. The summed E-state index contributed by atoms with van der Waals surface area (Å²) in [4.78, 5) is 0. The number of hydrogen-bond donors (Lipinski definition) is 0. The van der Waals surface area contributed by atoms with E-state index in [2.05, 4.69) is 18.2 Å². The van der Waals surface area contributed by atoms with Gasteiger partial charge in [0.15, 0.2) is 0 Å². The Kier molecular flexibility index (Phi) is 2.08. The molecule has 0 atom stereocenters. The van der Waals surface area contributed by atoms with Gasteiger partial charge in [-0.05, 0) is 56.1 Å². The predicted molar refractivity (Wildman–Crippen MR) is 59.8 cm³/mol. The summed E-state index contributed by atoms with van der Waals surface area (Å²) in [7, 11) is 0. The van der Waals surface area contributed by atoms with Crippen molar-refractivity contribution in [1.82, 2.24) is 0 Å². The summed E-state index contributed by atoms with van der Waals surface area (Å²) in [6.07, 6.45) is 16.6. The molecule has 14 heavy (non-hydrogen) atoms. The first-order chi connectivity index (χ1) is 6.93. The SMILES string of the molecule is C1=C([C]2C=C(C3=CCCC3)C2)CCC1. The van der Waals surface area contributed by atoms with Crippen LogP contribution in [0.25, 0.3) is 0 Å². The Morgan fingerprint density at radius 1 is 0.786 bits per heavy atom. The molecule has 0 nitrogen and oxygen atoms in total. The van der Waals surface area contributed by atoms with E-state index in [9.17, 15) is 0 Å². The zero-order chi connectivity index (χ0) is 9.38. The van der Waals surface area contributed by atoms with Gasteiger partial charge >= 0.3 is 0 Å². The van der Waals surface area contributed by atoms with Gasteiger partial charge in [-0.1, -0.05) is 23.8 Å². The second-order valence-corrected chi connectivity index (χ2v) is 4.61. The summed E-state index contributed by atoms with van der Waals surface area (Å²) in [5.74, 6) is 1.63. The maximum absolute atomic E-state index is 2.44. The van der Waals surface area contributed by atoms with E-state index in [0.29, 0.717) is 0 Å². The average Bonchev–Trinajstić information content (AvgIpc) is 2.71. The van der Waals surface area contributed by atoms with Gasteiger partial charge in [0.2, 0.25) is 0 Å². The Hall–Kier alpha value is -0.780. The van der Waals surface area contributed by atoms with Crippen LogP contribution in [-0.4, -0.2) is 0 Å². The molecule has 73 valence electrons. The van der Waals surface area contributed by atoms with Gasteiger partial charge in [-0.15, -0.1) is 0 Å². The molecule has 0 spiro atoms. The molecule has 0 amide bonds. The first-order valence-electron chi connectivity index (χ1n) is 5.89. The molecule has 0 aromatic heterocycles. The van der Waals surface area contributed by atoms with Crippen LogP contribution in [0.3, 0.4) is 0 Å². The standard InChI is InChI=1S/C14H17/c1-2-6-11(5-1)13-9-14(10-13)12-7-3-4-8-12/h5,7,9H,1-4,6,8,10H2. The molecular weight excluding hydrogens is 168 g/mol. The maximum Gasteiger partial charge on any atom is 0.0269 e. The van der Waals surface area contributed by atoms with E-state index < -0.39 is 0 Å². The van der Waals surface area contributed by atoms with Crippen molar-refractivity contribution in [2.75, 3.05) is 0 Å². The molecule has 3 aliphatic rings. The Morgan fingerprint density at radius 2 is 1.43 bits per heavy atom. The van der Waals surface area contributed by atoms with Crippen LogP contribution in [0.1, 0.15) is 44.9 Å². The summed E-state index contributed by atoms with van der Waals surface area (Å²) in [6, 6.07) is 0. The smallest absolute Gasteiger partial charge is 0.0269 e. The fourth-order valence-electron chi connectivity index (χ4n) is 2.72. The molecule has 0 N–H and O–H groups in total. The predicted octanol–water partition coefficient (Wildman–Crippen LogP) is 4.11. The van der Waals surface area contributed by atoms with Crippen LogP contribution in [0, 0.1) is 5.92 Å². The normalized spacial score (nSPS) is 27.0. The minimum Gasteiger partial charge on any atom is -0.0844 e. The molecule has 0 aromatic rings. The minimum atomic E-state index is 1.26. The summed E-state index contributed by atoms with van der Waals surface area (Å²) in [5.41, 5.74) is 4.92. The highest BCUT2D eigenvalue weighted by Gasteiger charge is 2.26. The van der Waals surface area contributed by atoms with Crippen molar-refractivity contribution < 1.29 is 0 Å². The van der Waals surface area contributed by atoms with Crippen LogP contribution < -0.4 is 0 Å². The summed E-state index contributed by atoms with van der Waals surface area (Å²) in [6.45, 7) is 0. The van der Waals surface area contributed by atoms with E-state index in [4.69, 9.17) is 0 Å². The topological polar surface area (TPSA) is 0 Å². The minimum absolute atomic E-state index is 1.26. The molecule has 0 bridgehead atoms. The molecule has 0 saturated carbocycles. The lowest BCUT2D eigenvalue weighted by Gasteiger charge is -2.27. The van der Waals surface area contributed by atoms with Crippen LogP contribution in [0.15, 0.2) is 34.9 Å². The molecule has 3 aliphatic carbocycles. The number of allylic oxidation sites excluding steroid dienone is 6. The van der Waals surface area contributed by atoms with Gasteiger partial charge in [0, 0.05) is 5.92 Å². The first kappa shape index (κ1) is 8.52. The highest BCUT2D eigenvalue weighted by atomic mass is 14.3. The molecule has 0 saturated heterocycles. The largest absolute Gasteiger partial charge is 0.0844 e. The Balaban J connectivity index is 1.68. The van der Waals surface area contributed by atoms with Crippen LogP contribution >= 0.6 is 0 Å². The monoisotopic (exact) mass is 185 g/mol. The van der Waals surface area contributed by atoms with E-state index >= 15 is 0 Å². The lowest BCUT2D eigenvalue weighted by molar-refractivity contribution is 0.837. The Bertz CT molecular complexity index is 328. The van der Waals surface area contributed by atoms with Gasteiger partial charge in [-0.2, -0.15) is 0 Å². The van der Waals surface area contributed by atoms with Crippen molar-refractivity contribution in [2.24, 2.45) is 0 Å². The third kappa shape index (κ3) is 1.37. The molecule has 0 aromatic carbocycles. The lowest BCUT2D eigenvalue weighted by Crippen LogP contribution is -2.10.